The third kappa shape index (κ3) is 4.56. The molecule has 144 valence electrons. The van der Waals surface area contributed by atoms with Gasteiger partial charge < -0.3 is 14.8 Å². The SMILES string of the molecule is CCCn1nc(C(=O)Nc2ccc(Oc3ccccc3OC)cc2)ccc1=O. The van der Waals surface area contributed by atoms with Gasteiger partial charge in [0.25, 0.3) is 11.5 Å². The summed E-state index contributed by atoms with van der Waals surface area (Å²) in [7, 11) is 1.58. The molecule has 1 heterocycles. The van der Waals surface area contributed by atoms with Gasteiger partial charge >= 0.3 is 0 Å². The Morgan fingerprint density at radius 2 is 1.75 bits per heavy atom. The molecule has 0 saturated carbocycles. The van der Waals surface area contributed by atoms with E-state index in [1.54, 1.807) is 31.4 Å². The van der Waals surface area contributed by atoms with E-state index in [2.05, 4.69) is 10.4 Å². The highest BCUT2D eigenvalue weighted by molar-refractivity contribution is 6.02. The fourth-order valence-electron chi connectivity index (χ4n) is 2.57. The molecule has 3 rings (SSSR count). The normalized spacial score (nSPS) is 10.4. The molecule has 2 aromatic carbocycles. The van der Waals surface area contributed by atoms with E-state index < -0.39 is 0 Å². The predicted molar refractivity (Wildman–Crippen MR) is 106 cm³/mol. The van der Waals surface area contributed by atoms with Gasteiger partial charge in [0, 0.05) is 18.3 Å². The van der Waals surface area contributed by atoms with Crippen LogP contribution in [0.25, 0.3) is 0 Å². The van der Waals surface area contributed by atoms with E-state index in [9.17, 15) is 9.59 Å². The van der Waals surface area contributed by atoms with Crippen molar-refractivity contribution in [3.63, 3.8) is 0 Å². The Morgan fingerprint density at radius 3 is 2.43 bits per heavy atom. The number of carbonyl (C=O) groups excluding carboxylic acids is 1. The second-order valence-electron chi connectivity index (χ2n) is 6.01. The second kappa shape index (κ2) is 8.85. The molecule has 0 atom stereocenters. The molecule has 0 spiro atoms. The first-order chi connectivity index (χ1) is 13.6. The molecule has 0 aliphatic heterocycles. The van der Waals surface area contributed by atoms with Gasteiger partial charge in [-0.2, -0.15) is 5.10 Å². The van der Waals surface area contributed by atoms with Crippen molar-refractivity contribution in [3.8, 4) is 17.2 Å². The van der Waals surface area contributed by atoms with Crippen LogP contribution in [0.5, 0.6) is 17.2 Å². The van der Waals surface area contributed by atoms with E-state index in [-0.39, 0.29) is 17.2 Å². The maximum atomic E-state index is 12.4. The highest BCUT2D eigenvalue weighted by Crippen LogP contribution is 2.31. The maximum absolute atomic E-state index is 12.4. The van der Waals surface area contributed by atoms with Crippen molar-refractivity contribution in [1.29, 1.82) is 0 Å². The van der Waals surface area contributed by atoms with E-state index in [4.69, 9.17) is 9.47 Å². The Balaban J connectivity index is 1.69. The summed E-state index contributed by atoms with van der Waals surface area (Å²) in [5, 5.41) is 6.87. The lowest BCUT2D eigenvalue weighted by Crippen LogP contribution is -2.26. The van der Waals surface area contributed by atoms with Crippen LogP contribution in [0.3, 0.4) is 0 Å². The van der Waals surface area contributed by atoms with Crippen LogP contribution in [0.2, 0.25) is 0 Å². The molecule has 28 heavy (non-hydrogen) atoms. The minimum absolute atomic E-state index is 0.183. The number of anilines is 1. The van der Waals surface area contributed by atoms with E-state index >= 15 is 0 Å². The van der Waals surface area contributed by atoms with Gasteiger partial charge in [0.15, 0.2) is 11.5 Å². The molecule has 1 amide bonds. The number of benzene rings is 2. The van der Waals surface area contributed by atoms with Gasteiger partial charge in [0.05, 0.1) is 7.11 Å². The number of ether oxygens (including phenoxy) is 2. The molecular weight excluding hydrogens is 358 g/mol. The zero-order valence-electron chi connectivity index (χ0n) is 15.7. The number of nitrogens with zero attached hydrogens (tertiary/aromatic N) is 2. The predicted octanol–water partition coefficient (Wildman–Crippen LogP) is 3.71. The topological polar surface area (TPSA) is 82.5 Å². The minimum Gasteiger partial charge on any atom is -0.493 e. The van der Waals surface area contributed by atoms with Crippen LogP contribution in [0, 0.1) is 0 Å². The fraction of sp³-hybridized carbons (Fsp3) is 0.190. The van der Waals surface area contributed by atoms with Crippen LogP contribution in [0.4, 0.5) is 5.69 Å². The van der Waals surface area contributed by atoms with Crippen LogP contribution < -0.4 is 20.3 Å². The van der Waals surface area contributed by atoms with Gasteiger partial charge in [-0.05, 0) is 48.9 Å². The Bertz CT molecular complexity index is 1010. The zero-order valence-corrected chi connectivity index (χ0v) is 15.7. The highest BCUT2D eigenvalue weighted by Gasteiger charge is 2.10. The average molecular weight is 379 g/mol. The van der Waals surface area contributed by atoms with Gasteiger partial charge in [0.2, 0.25) is 0 Å². The molecule has 0 aliphatic rings. The van der Waals surface area contributed by atoms with Gasteiger partial charge in [-0.3, -0.25) is 9.59 Å². The number of carbonyl (C=O) groups is 1. The van der Waals surface area contributed by atoms with Crippen LogP contribution in [0.15, 0.2) is 65.5 Å². The Morgan fingerprint density at radius 1 is 1.04 bits per heavy atom. The number of hydrogen-bond acceptors (Lipinski definition) is 5. The monoisotopic (exact) mass is 379 g/mol. The number of aromatic nitrogens is 2. The highest BCUT2D eigenvalue weighted by atomic mass is 16.5. The second-order valence-corrected chi connectivity index (χ2v) is 6.01. The summed E-state index contributed by atoms with van der Waals surface area (Å²) in [5.74, 6) is 1.46. The quantitative estimate of drug-likeness (QED) is 0.677. The molecule has 1 N–H and O–H groups in total. The fourth-order valence-corrected chi connectivity index (χ4v) is 2.57. The first kappa shape index (κ1) is 19.2. The molecule has 0 radical (unpaired) electrons. The van der Waals surface area contributed by atoms with Gasteiger partial charge in [-0.15, -0.1) is 0 Å². The molecule has 7 nitrogen and oxygen atoms in total. The number of para-hydroxylation sites is 2. The molecule has 3 aromatic rings. The Labute approximate surface area is 162 Å². The van der Waals surface area contributed by atoms with Gasteiger partial charge in [-0.25, -0.2) is 4.68 Å². The molecular formula is C21H21N3O4. The largest absolute Gasteiger partial charge is 0.493 e. The summed E-state index contributed by atoms with van der Waals surface area (Å²) in [6, 6.07) is 17.1. The summed E-state index contributed by atoms with van der Waals surface area (Å²) in [6.07, 6.45) is 0.756. The first-order valence-corrected chi connectivity index (χ1v) is 8.91. The molecule has 7 heteroatoms. The molecule has 0 aliphatic carbocycles. The van der Waals surface area contributed by atoms with Gasteiger partial charge in [-0.1, -0.05) is 19.1 Å². The summed E-state index contributed by atoms with van der Waals surface area (Å²) in [6.45, 7) is 2.41. The number of aryl methyl sites for hydroxylation is 1. The van der Waals surface area contributed by atoms with E-state index in [1.807, 2.05) is 31.2 Å². The van der Waals surface area contributed by atoms with Crippen LogP contribution in [-0.4, -0.2) is 22.8 Å². The van der Waals surface area contributed by atoms with E-state index in [0.29, 0.717) is 29.5 Å². The lowest BCUT2D eigenvalue weighted by Gasteiger charge is -2.11. The summed E-state index contributed by atoms with van der Waals surface area (Å²) >= 11 is 0. The van der Waals surface area contributed by atoms with E-state index in [1.165, 1.54) is 16.8 Å². The van der Waals surface area contributed by atoms with Crippen LogP contribution in [0.1, 0.15) is 23.8 Å². The van der Waals surface area contributed by atoms with Crippen molar-refractivity contribution in [2.24, 2.45) is 0 Å². The van der Waals surface area contributed by atoms with Crippen molar-refractivity contribution in [3.05, 3.63) is 76.7 Å². The number of amides is 1. The molecule has 0 bridgehead atoms. The standard InChI is InChI=1S/C21H21N3O4/c1-3-14-24-20(25)13-12-17(23-24)21(26)22-15-8-10-16(11-9-15)28-19-7-5-4-6-18(19)27-2/h4-13H,3,14H2,1-2H3,(H,22,26). The average Bonchev–Trinajstić information content (AvgIpc) is 2.71. The Kier molecular flexibility index (Phi) is 6.06. The van der Waals surface area contributed by atoms with Gasteiger partial charge in [0.1, 0.15) is 11.4 Å². The maximum Gasteiger partial charge on any atom is 0.276 e. The number of methoxy groups -OCH3 is 1. The lowest BCUT2D eigenvalue weighted by molar-refractivity contribution is 0.101. The summed E-state index contributed by atoms with van der Waals surface area (Å²) < 4.78 is 12.4. The molecule has 0 unspecified atom stereocenters. The van der Waals surface area contributed by atoms with Crippen molar-refractivity contribution >= 4 is 11.6 Å². The van der Waals surface area contributed by atoms with Crippen LogP contribution >= 0.6 is 0 Å². The van der Waals surface area contributed by atoms with Crippen molar-refractivity contribution in [2.45, 2.75) is 19.9 Å². The first-order valence-electron chi connectivity index (χ1n) is 8.91. The zero-order chi connectivity index (χ0) is 19.9. The third-order valence-corrected chi connectivity index (χ3v) is 3.94. The molecule has 0 saturated heterocycles. The van der Waals surface area contributed by atoms with Crippen molar-refractivity contribution in [1.82, 2.24) is 9.78 Å². The van der Waals surface area contributed by atoms with E-state index in [0.717, 1.165) is 6.42 Å². The summed E-state index contributed by atoms with van der Waals surface area (Å²) in [4.78, 5) is 24.1. The number of rotatable bonds is 7. The van der Waals surface area contributed by atoms with Crippen LogP contribution in [-0.2, 0) is 6.54 Å². The summed E-state index contributed by atoms with van der Waals surface area (Å²) in [5.41, 5.74) is 0.547. The molecule has 1 aromatic heterocycles. The number of nitrogens with one attached hydrogen (secondary N) is 1. The third-order valence-electron chi connectivity index (χ3n) is 3.94. The Hall–Kier alpha value is -3.61. The van der Waals surface area contributed by atoms with Crippen molar-refractivity contribution in [2.75, 3.05) is 12.4 Å². The molecule has 0 fully saturated rings. The number of hydrogen-bond donors (Lipinski definition) is 1. The smallest absolute Gasteiger partial charge is 0.276 e. The van der Waals surface area contributed by atoms with Crippen molar-refractivity contribution < 1.29 is 14.3 Å². The lowest BCUT2D eigenvalue weighted by atomic mass is 10.2. The minimum atomic E-state index is -0.386.